The lowest BCUT2D eigenvalue weighted by Gasteiger charge is -2.35. The molecule has 1 aromatic carbocycles. The molecule has 122 valence electrons. The number of nitrogens with zero attached hydrogens (tertiary/aromatic N) is 3. The Labute approximate surface area is 135 Å². The minimum atomic E-state index is -0.139. The lowest BCUT2D eigenvalue weighted by molar-refractivity contribution is -0.134. The van der Waals surface area contributed by atoms with Crippen LogP contribution in [0, 0.1) is 18.8 Å². The number of rotatable bonds is 2. The van der Waals surface area contributed by atoms with E-state index in [1.54, 1.807) is 13.0 Å². The van der Waals surface area contributed by atoms with Crippen LogP contribution in [0.3, 0.4) is 0 Å². The molecule has 1 aliphatic rings. The molecule has 2 heterocycles. The van der Waals surface area contributed by atoms with Crippen molar-refractivity contribution < 1.29 is 4.79 Å². The number of para-hydroxylation sites is 1. The Morgan fingerprint density at radius 2 is 1.87 bits per heavy atom. The number of carbonyl (C=O) groups is 1. The maximum absolute atomic E-state index is 12.6. The van der Waals surface area contributed by atoms with E-state index in [2.05, 4.69) is 18.8 Å². The van der Waals surface area contributed by atoms with Crippen LogP contribution in [-0.4, -0.2) is 33.4 Å². The highest BCUT2D eigenvalue weighted by atomic mass is 16.2. The highest BCUT2D eigenvalue weighted by Gasteiger charge is 2.26. The Hall–Kier alpha value is -2.17. The summed E-state index contributed by atoms with van der Waals surface area (Å²) in [7, 11) is 0. The summed E-state index contributed by atoms with van der Waals surface area (Å²) < 4.78 is 1.49. The van der Waals surface area contributed by atoms with E-state index >= 15 is 0 Å². The second-order valence-electron chi connectivity index (χ2n) is 6.81. The van der Waals surface area contributed by atoms with Gasteiger partial charge in [0, 0.05) is 13.1 Å². The van der Waals surface area contributed by atoms with Crippen molar-refractivity contribution in [2.24, 2.45) is 11.8 Å². The van der Waals surface area contributed by atoms with Gasteiger partial charge in [-0.2, -0.15) is 0 Å². The highest BCUT2D eigenvalue weighted by Crippen LogP contribution is 2.21. The lowest BCUT2D eigenvalue weighted by atomic mass is 9.92. The summed E-state index contributed by atoms with van der Waals surface area (Å²) in [5.41, 5.74) is 0.540. The van der Waals surface area contributed by atoms with E-state index in [0.29, 0.717) is 28.6 Å². The van der Waals surface area contributed by atoms with Gasteiger partial charge in [-0.3, -0.25) is 14.2 Å². The standard InChI is InChI=1S/C18H23N3O2/c1-12-8-13(2)10-20(9-12)17(22)11-21-14(3)19-16-7-5-4-6-15(16)18(21)23/h4-7,12-13H,8-11H2,1-3H3/t12-,13+. The van der Waals surface area contributed by atoms with Crippen molar-refractivity contribution in [3.05, 3.63) is 40.4 Å². The fraction of sp³-hybridized carbons (Fsp3) is 0.500. The summed E-state index contributed by atoms with van der Waals surface area (Å²) >= 11 is 0. The zero-order valence-electron chi connectivity index (χ0n) is 14.0. The van der Waals surface area contributed by atoms with Crippen LogP contribution in [0.1, 0.15) is 26.1 Å². The van der Waals surface area contributed by atoms with Crippen molar-refractivity contribution in [1.29, 1.82) is 0 Å². The zero-order valence-corrected chi connectivity index (χ0v) is 14.0. The zero-order chi connectivity index (χ0) is 16.6. The van der Waals surface area contributed by atoms with Crippen molar-refractivity contribution in [2.45, 2.75) is 33.7 Å². The molecule has 0 spiro atoms. The van der Waals surface area contributed by atoms with Crippen LogP contribution in [0.25, 0.3) is 10.9 Å². The van der Waals surface area contributed by atoms with Crippen molar-refractivity contribution in [2.75, 3.05) is 13.1 Å². The average molecular weight is 313 g/mol. The second kappa shape index (κ2) is 6.14. The van der Waals surface area contributed by atoms with Gasteiger partial charge in [0.15, 0.2) is 0 Å². The van der Waals surface area contributed by atoms with E-state index in [4.69, 9.17) is 0 Å². The summed E-state index contributed by atoms with van der Waals surface area (Å²) in [5.74, 6) is 1.61. The van der Waals surface area contributed by atoms with Crippen LogP contribution in [0.15, 0.2) is 29.1 Å². The first-order valence-electron chi connectivity index (χ1n) is 8.19. The fourth-order valence-electron chi connectivity index (χ4n) is 3.57. The van der Waals surface area contributed by atoms with Crippen molar-refractivity contribution >= 4 is 16.8 Å². The van der Waals surface area contributed by atoms with Gasteiger partial charge in [0.2, 0.25) is 5.91 Å². The smallest absolute Gasteiger partial charge is 0.261 e. The quantitative estimate of drug-likeness (QED) is 0.854. The van der Waals surface area contributed by atoms with Crippen molar-refractivity contribution in [1.82, 2.24) is 14.5 Å². The monoisotopic (exact) mass is 313 g/mol. The topological polar surface area (TPSA) is 55.2 Å². The average Bonchev–Trinajstić information content (AvgIpc) is 2.50. The number of carbonyl (C=O) groups excluding carboxylic acids is 1. The first-order valence-corrected chi connectivity index (χ1v) is 8.19. The maximum Gasteiger partial charge on any atom is 0.261 e. The van der Waals surface area contributed by atoms with E-state index in [-0.39, 0.29) is 18.0 Å². The summed E-state index contributed by atoms with van der Waals surface area (Å²) in [5, 5.41) is 0.561. The molecule has 1 fully saturated rings. The summed E-state index contributed by atoms with van der Waals surface area (Å²) in [6.07, 6.45) is 1.15. The molecule has 0 bridgehead atoms. The number of aromatic nitrogens is 2. The van der Waals surface area contributed by atoms with Gasteiger partial charge in [-0.25, -0.2) is 4.98 Å². The Morgan fingerprint density at radius 3 is 2.57 bits per heavy atom. The lowest BCUT2D eigenvalue weighted by Crippen LogP contribution is -2.45. The van der Waals surface area contributed by atoms with Crippen LogP contribution < -0.4 is 5.56 Å². The maximum atomic E-state index is 12.6. The molecule has 0 aliphatic carbocycles. The van der Waals surface area contributed by atoms with Crippen LogP contribution in [0.5, 0.6) is 0 Å². The predicted molar refractivity (Wildman–Crippen MR) is 90.3 cm³/mol. The van der Waals surface area contributed by atoms with Gasteiger partial charge in [-0.15, -0.1) is 0 Å². The van der Waals surface area contributed by atoms with Crippen LogP contribution in [0.4, 0.5) is 0 Å². The Kier molecular flexibility index (Phi) is 4.20. The summed E-state index contributed by atoms with van der Waals surface area (Å²) in [6.45, 7) is 7.75. The Balaban J connectivity index is 1.89. The molecule has 1 aromatic heterocycles. The largest absolute Gasteiger partial charge is 0.341 e. The van der Waals surface area contributed by atoms with E-state index in [9.17, 15) is 9.59 Å². The molecule has 0 saturated carbocycles. The minimum Gasteiger partial charge on any atom is -0.341 e. The third kappa shape index (κ3) is 3.14. The molecule has 0 N–H and O–H groups in total. The number of amides is 1. The van der Waals surface area contributed by atoms with Crippen LogP contribution >= 0.6 is 0 Å². The van der Waals surface area contributed by atoms with Crippen molar-refractivity contribution in [3.63, 3.8) is 0 Å². The Bertz CT molecular complexity index is 786. The van der Waals surface area contributed by atoms with Crippen LogP contribution in [0.2, 0.25) is 0 Å². The molecular weight excluding hydrogens is 290 g/mol. The molecule has 1 amide bonds. The molecule has 1 aliphatic heterocycles. The number of likely N-dealkylation sites (tertiary alicyclic amines) is 1. The molecule has 23 heavy (non-hydrogen) atoms. The molecule has 5 heteroatoms. The SMILES string of the molecule is Cc1nc2ccccc2c(=O)n1CC(=O)N1C[C@H](C)C[C@H](C)C1. The normalized spacial score (nSPS) is 21.6. The molecule has 5 nitrogen and oxygen atoms in total. The summed E-state index contributed by atoms with van der Waals surface area (Å²) in [4.78, 5) is 31.6. The summed E-state index contributed by atoms with van der Waals surface area (Å²) in [6, 6.07) is 7.27. The predicted octanol–water partition coefficient (Wildman–Crippen LogP) is 2.21. The molecule has 3 rings (SSSR count). The van der Waals surface area contributed by atoms with Gasteiger partial charge >= 0.3 is 0 Å². The molecular formula is C18H23N3O2. The highest BCUT2D eigenvalue weighted by molar-refractivity contribution is 5.79. The van der Waals surface area contributed by atoms with E-state index in [1.165, 1.54) is 4.57 Å². The number of aryl methyl sites for hydroxylation is 1. The van der Waals surface area contributed by atoms with Gasteiger partial charge in [0.25, 0.3) is 5.56 Å². The molecule has 0 radical (unpaired) electrons. The van der Waals surface area contributed by atoms with E-state index in [0.717, 1.165) is 19.5 Å². The van der Waals surface area contributed by atoms with Gasteiger partial charge in [-0.1, -0.05) is 26.0 Å². The van der Waals surface area contributed by atoms with Crippen molar-refractivity contribution in [3.8, 4) is 0 Å². The van der Waals surface area contributed by atoms with Crippen LogP contribution in [-0.2, 0) is 11.3 Å². The molecule has 0 unspecified atom stereocenters. The third-order valence-corrected chi connectivity index (χ3v) is 4.57. The van der Waals surface area contributed by atoms with Gasteiger partial charge in [-0.05, 0) is 37.3 Å². The van der Waals surface area contributed by atoms with Gasteiger partial charge in [0.05, 0.1) is 10.9 Å². The minimum absolute atomic E-state index is 0.00526. The molecule has 2 aromatic rings. The fourth-order valence-corrected chi connectivity index (χ4v) is 3.57. The second-order valence-corrected chi connectivity index (χ2v) is 6.81. The van der Waals surface area contributed by atoms with E-state index < -0.39 is 0 Å². The molecule has 1 saturated heterocycles. The number of hydrogen-bond acceptors (Lipinski definition) is 3. The van der Waals surface area contributed by atoms with Gasteiger partial charge in [0.1, 0.15) is 12.4 Å². The third-order valence-electron chi connectivity index (χ3n) is 4.57. The first-order chi connectivity index (χ1) is 11.0. The van der Waals surface area contributed by atoms with Gasteiger partial charge < -0.3 is 4.90 Å². The number of hydrogen-bond donors (Lipinski definition) is 0. The number of piperidine rings is 1. The number of benzene rings is 1. The Morgan fingerprint density at radius 1 is 1.22 bits per heavy atom. The first kappa shape index (κ1) is 15.7. The number of fused-ring (bicyclic) bond motifs is 1. The molecule has 2 atom stereocenters. The van der Waals surface area contributed by atoms with E-state index in [1.807, 2.05) is 23.1 Å².